The summed E-state index contributed by atoms with van der Waals surface area (Å²) in [4.78, 5) is 25.3. The van der Waals surface area contributed by atoms with Gasteiger partial charge in [-0.05, 0) is 53.8 Å². The fourth-order valence-corrected chi connectivity index (χ4v) is 3.51. The van der Waals surface area contributed by atoms with Crippen LogP contribution in [0.5, 0.6) is 11.5 Å². The first-order valence-electron chi connectivity index (χ1n) is 11.0. The summed E-state index contributed by atoms with van der Waals surface area (Å²) in [6, 6.07) is 20.7. The van der Waals surface area contributed by atoms with Crippen LogP contribution >= 0.6 is 0 Å². The Balaban J connectivity index is 1.58. The summed E-state index contributed by atoms with van der Waals surface area (Å²) in [5, 5.41) is 5.80. The van der Waals surface area contributed by atoms with Gasteiger partial charge in [-0.15, -0.1) is 0 Å². The summed E-state index contributed by atoms with van der Waals surface area (Å²) in [6.45, 7) is 2.54. The molecule has 0 aromatic heterocycles. The van der Waals surface area contributed by atoms with Crippen molar-refractivity contribution in [3.05, 3.63) is 89.0 Å². The molecule has 0 atom stereocenters. The zero-order valence-electron chi connectivity index (χ0n) is 19.3. The molecule has 3 rings (SSSR count). The van der Waals surface area contributed by atoms with Crippen molar-refractivity contribution in [1.82, 2.24) is 5.32 Å². The molecule has 2 amide bonds. The predicted octanol–water partition coefficient (Wildman–Crippen LogP) is 4.42. The number of benzene rings is 3. The third-order valence-electron chi connectivity index (χ3n) is 5.39. The number of para-hydroxylation sites is 1. The molecule has 0 fully saturated rings. The minimum Gasteiger partial charge on any atom is -0.493 e. The van der Waals surface area contributed by atoms with Crippen molar-refractivity contribution in [3.63, 3.8) is 0 Å². The van der Waals surface area contributed by atoms with Gasteiger partial charge in [-0.2, -0.15) is 0 Å². The van der Waals surface area contributed by atoms with Gasteiger partial charge in [0.05, 0.1) is 31.9 Å². The highest BCUT2D eigenvalue weighted by Gasteiger charge is 2.13. The minimum absolute atomic E-state index is 0.162. The number of hydrogen-bond donors (Lipinski definition) is 2. The Hall–Kier alpha value is -3.80. The van der Waals surface area contributed by atoms with Crippen LogP contribution in [0.1, 0.15) is 34.0 Å². The topological polar surface area (TPSA) is 76.7 Å². The Morgan fingerprint density at radius 2 is 1.48 bits per heavy atom. The number of ether oxygens (including phenoxy) is 2. The van der Waals surface area contributed by atoms with Crippen LogP contribution in [0.2, 0.25) is 0 Å². The van der Waals surface area contributed by atoms with Crippen LogP contribution < -0.4 is 20.1 Å². The van der Waals surface area contributed by atoms with Crippen molar-refractivity contribution >= 4 is 17.5 Å². The Morgan fingerprint density at radius 1 is 0.818 bits per heavy atom. The lowest BCUT2D eigenvalue weighted by atomic mass is 10.1. The Kier molecular flexibility index (Phi) is 8.47. The molecule has 0 aliphatic rings. The van der Waals surface area contributed by atoms with E-state index < -0.39 is 0 Å². The second-order valence-corrected chi connectivity index (χ2v) is 7.64. The maximum Gasteiger partial charge on any atom is 0.253 e. The van der Waals surface area contributed by atoms with Gasteiger partial charge in [-0.25, -0.2) is 0 Å². The van der Waals surface area contributed by atoms with E-state index in [0.29, 0.717) is 35.7 Å². The van der Waals surface area contributed by atoms with Gasteiger partial charge in [-0.1, -0.05) is 49.4 Å². The summed E-state index contributed by atoms with van der Waals surface area (Å²) in [6.07, 6.45) is 1.84. The van der Waals surface area contributed by atoms with Crippen LogP contribution in [0, 0.1) is 0 Å². The highest BCUT2D eigenvalue weighted by atomic mass is 16.5. The number of carbonyl (C=O) groups excluding carboxylic acids is 2. The number of anilines is 1. The highest BCUT2D eigenvalue weighted by Crippen LogP contribution is 2.27. The molecule has 0 bridgehead atoms. The first-order chi connectivity index (χ1) is 16.0. The largest absolute Gasteiger partial charge is 0.493 e. The molecule has 3 aromatic carbocycles. The number of rotatable bonds is 10. The van der Waals surface area contributed by atoms with Crippen LogP contribution in [0.25, 0.3) is 0 Å². The number of hydrogen-bond acceptors (Lipinski definition) is 4. The fraction of sp³-hybridized carbons (Fsp3) is 0.259. The molecule has 2 N–H and O–H groups in total. The van der Waals surface area contributed by atoms with E-state index in [1.165, 1.54) is 5.56 Å². The normalized spacial score (nSPS) is 10.4. The summed E-state index contributed by atoms with van der Waals surface area (Å²) in [5.41, 5.74) is 4.11. The van der Waals surface area contributed by atoms with Gasteiger partial charge in [0.2, 0.25) is 5.91 Å². The van der Waals surface area contributed by atoms with Crippen LogP contribution in [-0.4, -0.2) is 32.6 Å². The van der Waals surface area contributed by atoms with Gasteiger partial charge in [0.15, 0.2) is 11.5 Å². The van der Waals surface area contributed by atoms with E-state index in [2.05, 4.69) is 17.6 Å². The lowest BCUT2D eigenvalue weighted by Gasteiger charge is -2.12. The maximum absolute atomic E-state index is 12.8. The average Bonchev–Trinajstić information content (AvgIpc) is 2.84. The zero-order valence-corrected chi connectivity index (χ0v) is 19.3. The molecule has 3 aromatic rings. The number of aryl methyl sites for hydroxylation is 1. The molecule has 0 aliphatic heterocycles. The Bertz CT molecular complexity index is 1090. The first kappa shape index (κ1) is 23.9. The summed E-state index contributed by atoms with van der Waals surface area (Å²) in [5.74, 6) is 0.915. The molecule has 0 saturated heterocycles. The average molecular weight is 447 g/mol. The second kappa shape index (κ2) is 11.7. The third-order valence-corrected chi connectivity index (χ3v) is 5.39. The van der Waals surface area contributed by atoms with E-state index in [4.69, 9.17) is 9.47 Å². The molecule has 6 heteroatoms. The fourth-order valence-electron chi connectivity index (χ4n) is 3.51. The highest BCUT2D eigenvalue weighted by molar-refractivity contribution is 6.04. The van der Waals surface area contributed by atoms with Gasteiger partial charge in [-0.3, -0.25) is 9.59 Å². The smallest absolute Gasteiger partial charge is 0.253 e. The van der Waals surface area contributed by atoms with E-state index in [1.807, 2.05) is 42.5 Å². The van der Waals surface area contributed by atoms with Crippen LogP contribution in [0.4, 0.5) is 5.69 Å². The quantitative estimate of drug-likeness (QED) is 0.483. The number of methoxy groups -OCH3 is 2. The Labute approximate surface area is 194 Å². The van der Waals surface area contributed by atoms with Crippen molar-refractivity contribution in [2.75, 3.05) is 26.1 Å². The third kappa shape index (κ3) is 6.59. The van der Waals surface area contributed by atoms with Crippen molar-refractivity contribution in [2.45, 2.75) is 26.2 Å². The van der Waals surface area contributed by atoms with Crippen molar-refractivity contribution in [2.24, 2.45) is 0 Å². The zero-order chi connectivity index (χ0) is 23.6. The van der Waals surface area contributed by atoms with Gasteiger partial charge >= 0.3 is 0 Å². The second-order valence-electron chi connectivity index (χ2n) is 7.64. The van der Waals surface area contributed by atoms with E-state index in [-0.39, 0.29) is 18.2 Å². The van der Waals surface area contributed by atoms with Gasteiger partial charge < -0.3 is 20.1 Å². The molecule has 0 aliphatic carbocycles. The molecule has 6 nitrogen and oxygen atoms in total. The molecule has 172 valence electrons. The summed E-state index contributed by atoms with van der Waals surface area (Å²) < 4.78 is 10.6. The van der Waals surface area contributed by atoms with Crippen molar-refractivity contribution in [1.29, 1.82) is 0 Å². The van der Waals surface area contributed by atoms with Crippen molar-refractivity contribution in [3.8, 4) is 11.5 Å². The lowest BCUT2D eigenvalue weighted by molar-refractivity contribution is -0.115. The standard InChI is InChI=1S/C27H30N2O4/c1-4-19-9-11-20(12-10-19)18-26(30)29-23-8-6-5-7-22(23)27(31)28-16-15-21-13-14-24(32-2)25(17-21)33-3/h5-14,17H,4,15-16,18H2,1-3H3,(H,28,31)(H,29,30). The maximum atomic E-state index is 12.8. The number of amides is 2. The molecular weight excluding hydrogens is 416 g/mol. The molecule has 0 heterocycles. The predicted molar refractivity (Wildman–Crippen MR) is 130 cm³/mol. The van der Waals surface area contributed by atoms with Crippen LogP contribution in [0.15, 0.2) is 66.7 Å². The number of carbonyl (C=O) groups is 2. The van der Waals surface area contributed by atoms with Gasteiger partial charge in [0.1, 0.15) is 0 Å². The number of nitrogens with one attached hydrogen (secondary N) is 2. The summed E-state index contributed by atoms with van der Waals surface area (Å²) in [7, 11) is 3.19. The summed E-state index contributed by atoms with van der Waals surface area (Å²) >= 11 is 0. The molecule has 33 heavy (non-hydrogen) atoms. The van der Waals surface area contributed by atoms with E-state index in [0.717, 1.165) is 17.5 Å². The van der Waals surface area contributed by atoms with E-state index in [1.54, 1.807) is 38.5 Å². The van der Waals surface area contributed by atoms with Crippen LogP contribution in [-0.2, 0) is 24.1 Å². The first-order valence-corrected chi connectivity index (χ1v) is 11.0. The van der Waals surface area contributed by atoms with Gasteiger partial charge in [0, 0.05) is 6.54 Å². The lowest BCUT2D eigenvalue weighted by Crippen LogP contribution is -2.27. The molecule has 0 saturated carbocycles. The van der Waals surface area contributed by atoms with E-state index >= 15 is 0 Å². The minimum atomic E-state index is -0.237. The van der Waals surface area contributed by atoms with Gasteiger partial charge in [0.25, 0.3) is 5.91 Å². The molecule has 0 radical (unpaired) electrons. The Morgan fingerprint density at radius 3 is 2.18 bits per heavy atom. The van der Waals surface area contributed by atoms with E-state index in [9.17, 15) is 9.59 Å². The molecule has 0 unspecified atom stereocenters. The van der Waals surface area contributed by atoms with Crippen LogP contribution in [0.3, 0.4) is 0 Å². The SMILES string of the molecule is CCc1ccc(CC(=O)Nc2ccccc2C(=O)NCCc2ccc(OC)c(OC)c2)cc1. The molecular formula is C27H30N2O4. The van der Waals surface area contributed by atoms with Crippen molar-refractivity contribution < 1.29 is 19.1 Å². The molecule has 0 spiro atoms. The monoisotopic (exact) mass is 446 g/mol.